The highest BCUT2D eigenvalue weighted by Gasteiger charge is 2.40. The van der Waals surface area contributed by atoms with Crippen LogP contribution in [0.25, 0.3) is 21.9 Å². The van der Waals surface area contributed by atoms with Crippen LogP contribution < -0.4 is 9.80 Å². The summed E-state index contributed by atoms with van der Waals surface area (Å²) in [4.78, 5) is 46.7. The second-order valence-corrected chi connectivity index (χ2v) is 13.9. The lowest BCUT2D eigenvalue weighted by Gasteiger charge is -2.29. The standard InChI is InChI=1S/C41H31Cl2N5O2/c1-20-13-22(3)36(23(4)14-20)47-34(12-11-27-38(49)28-17-26-9-7-8-10-31(26)44-35(28)39(27)50)48(37-24(5)15-21(2)16-25(37)6)41-40(47)45-32-18-29(42)30(43)19-33(32)46-41/h7-19H,1-6H3/b27-11-. The molecule has 4 aromatic carbocycles. The number of ketones is 2. The molecule has 2 aliphatic rings. The topological polar surface area (TPSA) is 79.3 Å². The number of hydrogen-bond donors (Lipinski definition) is 0. The van der Waals surface area contributed by atoms with Gasteiger partial charge in [-0.25, -0.2) is 15.0 Å². The number of aromatic nitrogens is 3. The van der Waals surface area contributed by atoms with Gasteiger partial charge in [0.25, 0.3) is 0 Å². The van der Waals surface area contributed by atoms with Gasteiger partial charge in [0.15, 0.2) is 17.4 Å². The van der Waals surface area contributed by atoms with Crippen molar-refractivity contribution < 1.29 is 9.59 Å². The Balaban J connectivity index is 1.42. The number of benzene rings is 4. The largest absolute Gasteiger partial charge is 0.288 e. The number of aryl methyl sites for hydroxylation is 6. The molecule has 9 heteroatoms. The molecule has 0 saturated heterocycles. The summed E-state index contributed by atoms with van der Waals surface area (Å²) in [7, 11) is 0. The fraction of sp³-hybridized carbons (Fsp3) is 0.146. The third kappa shape index (κ3) is 4.91. The molecule has 3 heterocycles. The van der Waals surface area contributed by atoms with Crippen LogP contribution in [-0.4, -0.2) is 26.5 Å². The van der Waals surface area contributed by atoms with Gasteiger partial charge in [0.2, 0.25) is 5.78 Å². The second-order valence-electron chi connectivity index (χ2n) is 13.1. The number of halogens is 2. The van der Waals surface area contributed by atoms with Gasteiger partial charge in [-0.15, -0.1) is 0 Å². The summed E-state index contributed by atoms with van der Waals surface area (Å²) in [6.07, 6.45) is 3.44. The molecule has 0 saturated carbocycles. The number of nitrogens with zero attached hydrogens (tertiary/aromatic N) is 5. The van der Waals surface area contributed by atoms with E-state index in [-0.39, 0.29) is 17.1 Å². The van der Waals surface area contributed by atoms with Crippen LogP contribution in [-0.2, 0) is 0 Å². The Labute approximate surface area is 299 Å². The summed E-state index contributed by atoms with van der Waals surface area (Å²) in [5.41, 5.74) is 10.5. The number of carbonyl (C=O) groups excluding carboxylic acids is 2. The van der Waals surface area contributed by atoms with Crippen LogP contribution in [0.1, 0.15) is 54.2 Å². The SMILES string of the molecule is Cc1cc(C)c(N2C(=C/C=C3/C(=O)c4cc5ccccc5nc4C3=O)N(c3c(C)cc(C)cc3C)c3nc4cc(Cl)c(Cl)cc4nc32)c(C)c1. The smallest absolute Gasteiger partial charge is 0.216 e. The van der Waals surface area contributed by atoms with Gasteiger partial charge in [-0.05, 0) is 100 Å². The molecule has 246 valence electrons. The van der Waals surface area contributed by atoms with E-state index in [0.29, 0.717) is 49.6 Å². The number of hydrogen-bond acceptors (Lipinski definition) is 7. The van der Waals surface area contributed by atoms with Crippen molar-refractivity contribution in [2.75, 3.05) is 9.80 Å². The maximum atomic E-state index is 13.9. The number of fused-ring (bicyclic) bond motifs is 4. The van der Waals surface area contributed by atoms with Crippen molar-refractivity contribution in [3.8, 4) is 0 Å². The Bertz CT molecular complexity index is 2370. The van der Waals surface area contributed by atoms with Crippen LogP contribution in [0.2, 0.25) is 10.0 Å². The molecule has 1 aliphatic heterocycles. The van der Waals surface area contributed by atoms with Crippen molar-refractivity contribution in [3.63, 3.8) is 0 Å². The number of carbonyl (C=O) groups is 2. The average molecular weight is 697 g/mol. The lowest BCUT2D eigenvalue weighted by atomic mass is 10.0. The molecule has 6 aromatic rings. The van der Waals surface area contributed by atoms with Crippen LogP contribution in [0.5, 0.6) is 0 Å². The van der Waals surface area contributed by atoms with Gasteiger partial charge in [-0.3, -0.25) is 19.4 Å². The van der Waals surface area contributed by atoms with E-state index in [2.05, 4.69) is 80.6 Å². The van der Waals surface area contributed by atoms with E-state index in [1.807, 2.05) is 30.3 Å². The number of rotatable bonds is 3. The highest BCUT2D eigenvalue weighted by molar-refractivity contribution is 6.42. The highest BCUT2D eigenvalue weighted by Crippen LogP contribution is 2.51. The van der Waals surface area contributed by atoms with E-state index < -0.39 is 5.78 Å². The quantitative estimate of drug-likeness (QED) is 0.135. The van der Waals surface area contributed by atoms with Crippen LogP contribution >= 0.6 is 23.2 Å². The summed E-state index contributed by atoms with van der Waals surface area (Å²) < 4.78 is 0. The van der Waals surface area contributed by atoms with Crippen LogP contribution in [0.3, 0.4) is 0 Å². The molecular weight excluding hydrogens is 665 g/mol. The zero-order chi connectivity index (χ0) is 35.2. The molecule has 0 radical (unpaired) electrons. The van der Waals surface area contributed by atoms with Gasteiger partial charge in [-0.1, -0.05) is 76.8 Å². The molecule has 7 nitrogen and oxygen atoms in total. The van der Waals surface area contributed by atoms with Crippen molar-refractivity contribution >= 4 is 79.7 Å². The predicted octanol–water partition coefficient (Wildman–Crippen LogP) is 10.5. The zero-order valence-corrected chi connectivity index (χ0v) is 29.8. The molecule has 0 bridgehead atoms. The van der Waals surface area contributed by atoms with E-state index in [9.17, 15) is 9.59 Å². The van der Waals surface area contributed by atoms with Crippen molar-refractivity contribution in [2.45, 2.75) is 41.5 Å². The third-order valence-electron chi connectivity index (χ3n) is 9.34. The minimum atomic E-state index is -0.405. The van der Waals surface area contributed by atoms with E-state index in [4.69, 9.17) is 33.2 Å². The number of anilines is 4. The summed E-state index contributed by atoms with van der Waals surface area (Å²) in [6.45, 7) is 12.4. The van der Waals surface area contributed by atoms with Gasteiger partial charge in [0, 0.05) is 5.39 Å². The van der Waals surface area contributed by atoms with Crippen LogP contribution in [0.4, 0.5) is 23.0 Å². The Morgan fingerprint density at radius 3 is 1.60 bits per heavy atom. The van der Waals surface area contributed by atoms with E-state index in [0.717, 1.165) is 50.1 Å². The Morgan fingerprint density at radius 2 is 1.08 bits per heavy atom. The van der Waals surface area contributed by atoms with Gasteiger partial charge < -0.3 is 0 Å². The summed E-state index contributed by atoms with van der Waals surface area (Å²) in [5.74, 6) is 1.05. The zero-order valence-electron chi connectivity index (χ0n) is 28.3. The fourth-order valence-electron chi connectivity index (χ4n) is 7.44. The Kier molecular flexibility index (Phi) is 7.40. The monoisotopic (exact) mass is 695 g/mol. The first-order valence-electron chi connectivity index (χ1n) is 16.2. The summed E-state index contributed by atoms with van der Waals surface area (Å²) >= 11 is 13.0. The van der Waals surface area contributed by atoms with Gasteiger partial charge >= 0.3 is 0 Å². The molecule has 1 aliphatic carbocycles. The molecule has 0 atom stereocenters. The molecule has 0 amide bonds. The van der Waals surface area contributed by atoms with Gasteiger partial charge in [0.1, 0.15) is 11.5 Å². The second kappa shape index (κ2) is 11.6. The van der Waals surface area contributed by atoms with Gasteiger partial charge in [-0.2, -0.15) is 0 Å². The summed E-state index contributed by atoms with van der Waals surface area (Å²) in [5, 5.41) is 1.56. The normalized spacial score (nSPS) is 14.8. The molecule has 8 rings (SSSR count). The third-order valence-corrected chi connectivity index (χ3v) is 10.1. The predicted molar refractivity (Wildman–Crippen MR) is 202 cm³/mol. The molecule has 0 spiro atoms. The number of pyridine rings is 1. The molecule has 0 N–H and O–H groups in total. The van der Waals surface area contributed by atoms with Crippen molar-refractivity contribution in [3.05, 3.63) is 145 Å². The maximum absolute atomic E-state index is 13.9. The van der Waals surface area contributed by atoms with Crippen LogP contribution in [0.15, 0.2) is 90.3 Å². The molecule has 50 heavy (non-hydrogen) atoms. The Hall–Kier alpha value is -5.37. The minimum absolute atomic E-state index is 0.0468. The molecule has 2 aromatic heterocycles. The van der Waals surface area contributed by atoms with Crippen molar-refractivity contribution in [1.29, 1.82) is 0 Å². The lowest BCUT2D eigenvalue weighted by molar-refractivity contribution is 0.0987. The Morgan fingerprint density at radius 1 is 0.580 bits per heavy atom. The first kappa shape index (κ1) is 31.9. The van der Waals surface area contributed by atoms with E-state index in [1.54, 1.807) is 24.3 Å². The van der Waals surface area contributed by atoms with Gasteiger partial charge in [0.05, 0.1) is 49.1 Å². The molecule has 0 unspecified atom stereocenters. The maximum Gasteiger partial charge on any atom is 0.216 e. The van der Waals surface area contributed by atoms with Crippen LogP contribution in [0, 0.1) is 41.5 Å². The molecule has 0 fully saturated rings. The highest BCUT2D eigenvalue weighted by atomic mass is 35.5. The first-order chi connectivity index (χ1) is 23.9. The lowest BCUT2D eigenvalue weighted by Crippen LogP contribution is -2.24. The average Bonchev–Trinajstić information content (AvgIpc) is 3.46. The molecular formula is C41H31Cl2N5O2. The number of allylic oxidation sites excluding steroid dienone is 3. The van der Waals surface area contributed by atoms with Crippen molar-refractivity contribution in [1.82, 2.24) is 15.0 Å². The van der Waals surface area contributed by atoms with E-state index >= 15 is 0 Å². The fourth-order valence-corrected chi connectivity index (χ4v) is 7.75. The summed E-state index contributed by atoms with van der Waals surface area (Å²) in [6, 6.07) is 21.2. The minimum Gasteiger partial charge on any atom is -0.288 e. The van der Waals surface area contributed by atoms with Crippen molar-refractivity contribution in [2.24, 2.45) is 0 Å². The number of Topliss-reactive ketones (excluding diaryl/α,β-unsaturated/α-hetero) is 2. The first-order valence-corrected chi connectivity index (χ1v) is 17.0. The number of para-hydroxylation sites is 1. The van der Waals surface area contributed by atoms with E-state index in [1.165, 1.54) is 0 Å².